The summed E-state index contributed by atoms with van der Waals surface area (Å²) < 4.78 is 6.78. The normalized spacial score (nSPS) is 12.1. The van der Waals surface area contributed by atoms with Crippen LogP contribution in [0.1, 0.15) is 34.6 Å². The fraction of sp³-hybridized carbons (Fsp3) is 0.160. The number of rotatable bonds is 5. The molecule has 1 unspecified atom stereocenters. The van der Waals surface area contributed by atoms with Crippen LogP contribution in [-0.2, 0) is 4.74 Å². The molecule has 9 heteroatoms. The third kappa shape index (κ3) is 3.82. The summed E-state index contributed by atoms with van der Waals surface area (Å²) >= 11 is 6.02. The molecule has 170 valence electrons. The number of halogens is 1. The van der Waals surface area contributed by atoms with E-state index in [2.05, 4.69) is 32.6 Å². The molecule has 0 saturated heterocycles. The van der Waals surface area contributed by atoms with Crippen molar-refractivity contribution < 1.29 is 9.53 Å². The zero-order valence-electron chi connectivity index (χ0n) is 18.8. The first-order chi connectivity index (χ1) is 16.5. The fourth-order valence-corrected chi connectivity index (χ4v) is 4.22. The van der Waals surface area contributed by atoms with Gasteiger partial charge in [-0.3, -0.25) is 4.40 Å². The van der Waals surface area contributed by atoms with Gasteiger partial charge in [-0.2, -0.15) is 0 Å². The molecule has 8 nitrogen and oxygen atoms in total. The van der Waals surface area contributed by atoms with E-state index in [1.165, 1.54) is 7.11 Å². The number of carbonyl (C=O) groups is 1. The largest absolute Gasteiger partial charge is 0.464 e. The van der Waals surface area contributed by atoms with Gasteiger partial charge in [0.15, 0.2) is 11.3 Å². The van der Waals surface area contributed by atoms with Crippen LogP contribution in [0.15, 0.2) is 60.9 Å². The molecule has 34 heavy (non-hydrogen) atoms. The number of benzene rings is 2. The van der Waals surface area contributed by atoms with Gasteiger partial charge in [0.25, 0.3) is 0 Å². The number of methoxy groups -OCH3 is 1. The number of aromatic nitrogens is 5. The van der Waals surface area contributed by atoms with Crippen molar-refractivity contribution in [1.82, 2.24) is 24.6 Å². The van der Waals surface area contributed by atoms with Gasteiger partial charge in [0.2, 0.25) is 0 Å². The Kier molecular flexibility index (Phi) is 5.59. The monoisotopic (exact) mass is 472 g/mol. The highest BCUT2D eigenvalue weighted by molar-refractivity contribution is 6.29. The number of nitrogens with zero attached hydrogens (tertiary/aromatic N) is 5. The zero-order valence-corrected chi connectivity index (χ0v) is 19.5. The van der Waals surface area contributed by atoms with Crippen molar-refractivity contribution in [3.05, 3.63) is 82.9 Å². The van der Waals surface area contributed by atoms with E-state index in [4.69, 9.17) is 21.3 Å². The molecule has 3 heterocycles. The van der Waals surface area contributed by atoms with E-state index in [0.29, 0.717) is 5.69 Å². The number of aryl methyl sites for hydroxylation is 1. The van der Waals surface area contributed by atoms with Crippen molar-refractivity contribution in [2.24, 2.45) is 0 Å². The lowest BCUT2D eigenvalue weighted by Gasteiger charge is -2.20. The smallest absolute Gasteiger partial charge is 0.358 e. The molecular weight excluding hydrogens is 452 g/mol. The first kappa shape index (κ1) is 21.8. The van der Waals surface area contributed by atoms with Crippen LogP contribution in [0, 0.1) is 6.92 Å². The predicted molar refractivity (Wildman–Crippen MR) is 131 cm³/mol. The molecule has 0 bridgehead atoms. The van der Waals surface area contributed by atoms with Gasteiger partial charge in [-0.1, -0.05) is 48.0 Å². The van der Waals surface area contributed by atoms with Crippen molar-refractivity contribution in [2.75, 3.05) is 12.4 Å². The van der Waals surface area contributed by atoms with E-state index in [1.54, 1.807) is 18.5 Å². The second-order valence-corrected chi connectivity index (χ2v) is 8.35. The Balaban J connectivity index is 1.68. The second kappa shape index (κ2) is 8.72. The summed E-state index contributed by atoms with van der Waals surface area (Å²) in [5.74, 6) is 0.176. The van der Waals surface area contributed by atoms with E-state index in [1.807, 2.05) is 48.6 Å². The molecule has 3 aromatic heterocycles. The van der Waals surface area contributed by atoms with E-state index in [0.717, 1.165) is 39.1 Å². The summed E-state index contributed by atoms with van der Waals surface area (Å²) in [6.45, 7) is 4.03. The maximum atomic E-state index is 12.3. The number of anilines is 1. The standard InChI is InChI=1S/C25H21ClN6O2/c1-14-11-17(15(2)28-19-9-10-20(26)29-22(19)25(33)34-3)21-18(12-14)24-31-27-13-32(24)23(30-21)16-7-5-4-6-8-16/h4-13,15,28H,1-3H3. The Morgan fingerprint density at radius 1 is 1.12 bits per heavy atom. The van der Waals surface area contributed by atoms with Gasteiger partial charge in [-0.25, -0.2) is 14.8 Å². The molecule has 0 aliphatic carbocycles. The number of pyridine rings is 1. The summed E-state index contributed by atoms with van der Waals surface area (Å²) in [4.78, 5) is 21.5. The summed E-state index contributed by atoms with van der Waals surface area (Å²) in [5, 5.41) is 13.0. The molecule has 0 saturated carbocycles. The van der Waals surface area contributed by atoms with Crippen LogP contribution in [0.3, 0.4) is 0 Å². The lowest BCUT2D eigenvalue weighted by Crippen LogP contribution is -2.14. The average Bonchev–Trinajstić information content (AvgIpc) is 3.34. The summed E-state index contributed by atoms with van der Waals surface area (Å²) in [5.41, 5.74) is 5.12. The highest BCUT2D eigenvalue weighted by atomic mass is 35.5. The number of fused-ring (bicyclic) bond motifs is 3. The third-order valence-electron chi connectivity index (χ3n) is 5.63. The molecule has 5 rings (SSSR count). The van der Waals surface area contributed by atoms with E-state index >= 15 is 0 Å². The maximum absolute atomic E-state index is 12.3. The molecule has 0 amide bonds. The lowest BCUT2D eigenvalue weighted by molar-refractivity contribution is 0.0595. The molecule has 2 aromatic carbocycles. The lowest BCUT2D eigenvalue weighted by atomic mass is 10.0. The molecule has 0 spiro atoms. The number of esters is 1. The predicted octanol–water partition coefficient (Wildman–Crippen LogP) is 5.26. The van der Waals surface area contributed by atoms with E-state index in [-0.39, 0.29) is 16.9 Å². The Morgan fingerprint density at radius 3 is 2.68 bits per heavy atom. The molecule has 0 fully saturated rings. The minimum atomic E-state index is -0.569. The van der Waals surface area contributed by atoms with E-state index < -0.39 is 5.97 Å². The molecular formula is C25H21ClN6O2. The summed E-state index contributed by atoms with van der Waals surface area (Å²) in [7, 11) is 1.31. The van der Waals surface area contributed by atoms with Crippen LogP contribution in [0.25, 0.3) is 27.9 Å². The first-order valence-corrected chi connectivity index (χ1v) is 11.0. The maximum Gasteiger partial charge on any atom is 0.358 e. The minimum Gasteiger partial charge on any atom is -0.464 e. The molecule has 1 N–H and O–H groups in total. The Morgan fingerprint density at radius 2 is 1.91 bits per heavy atom. The first-order valence-electron chi connectivity index (χ1n) is 10.7. The van der Waals surface area contributed by atoms with Crippen molar-refractivity contribution in [3.63, 3.8) is 0 Å². The van der Waals surface area contributed by atoms with Crippen molar-refractivity contribution >= 4 is 39.8 Å². The molecule has 5 aromatic rings. The highest BCUT2D eigenvalue weighted by Gasteiger charge is 2.21. The average molecular weight is 473 g/mol. The SMILES string of the molecule is COC(=O)c1nc(Cl)ccc1NC(C)c1cc(C)cc2c1nc(-c1ccccc1)n1cnnc21. The van der Waals surface area contributed by atoms with Gasteiger partial charge in [-0.15, -0.1) is 10.2 Å². The van der Waals surface area contributed by atoms with Crippen LogP contribution in [0.5, 0.6) is 0 Å². The van der Waals surface area contributed by atoms with Gasteiger partial charge < -0.3 is 10.1 Å². The zero-order chi connectivity index (χ0) is 23.8. The van der Waals surface area contributed by atoms with Crippen LogP contribution >= 0.6 is 11.6 Å². The number of ether oxygens (including phenoxy) is 1. The Hall–Kier alpha value is -4.04. The molecule has 1 atom stereocenters. The van der Waals surface area contributed by atoms with Crippen molar-refractivity contribution in [3.8, 4) is 11.4 Å². The minimum absolute atomic E-state index is 0.122. The third-order valence-corrected chi connectivity index (χ3v) is 5.84. The fourth-order valence-electron chi connectivity index (χ4n) is 4.07. The highest BCUT2D eigenvalue weighted by Crippen LogP contribution is 2.32. The van der Waals surface area contributed by atoms with E-state index in [9.17, 15) is 4.79 Å². The van der Waals surface area contributed by atoms with Gasteiger partial charge in [0.05, 0.1) is 24.4 Å². The van der Waals surface area contributed by atoms with Gasteiger partial charge in [-0.05, 0) is 37.6 Å². The number of nitrogens with one attached hydrogen (secondary N) is 1. The number of carbonyl (C=O) groups excluding carboxylic acids is 1. The van der Waals surface area contributed by atoms with Crippen molar-refractivity contribution in [1.29, 1.82) is 0 Å². The molecule has 0 radical (unpaired) electrons. The topological polar surface area (TPSA) is 94.3 Å². The Bertz CT molecular complexity index is 1530. The molecule has 0 aliphatic heterocycles. The van der Waals surface area contributed by atoms with Gasteiger partial charge in [0, 0.05) is 16.5 Å². The Labute approximate surface area is 200 Å². The quantitative estimate of drug-likeness (QED) is 0.275. The van der Waals surface area contributed by atoms with Crippen LogP contribution < -0.4 is 5.32 Å². The summed E-state index contributed by atoms with van der Waals surface area (Å²) in [6, 6.07) is 17.2. The second-order valence-electron chi connectivity index (χ2n) is 7.96. The van der Waals surface area contributed by atoms with Crippen LogP contribution in [0.2, 0.25) is 5.15 Å². The van der Waals surface area contributed by atoms with Crippen LogP contribution in [0.4, 0.5) is 5.69 Å². The van der Waals surface area contributed by atoms with Gasteiger partial charge >= 0.3 is 5.97 Å². The van der Waals surface area contributed by atoms with Crippen molar-refractivity contribution in [2.45, 2.75) is 19.9 Å². The van der Waals surface area contributed by atoms with Crippen LogP contribution in [-0.4, -0.2) is 37.6 Å². The number of hydrogen-bond donors (Lipinski definition) is 1. The molecule has 0 aliphatic rings. The number of hydrogen-bond acceptors (Lipinski definition) is 7. The van der Waals surface area contributed by atoms with Gasteiger partial charge in [0.1, 0.15) is 17.3 Å². The summed E-state index contributed by atoms with van der Waals surface area (Å²) in [6.07, 6.45) is 1.68.